The summed E-state index contributed by atoms with van der Waals surface area (Å²) in [5.74, 6) is -1.04. The van der Waals surface area contributed by atoms with E-state index in [1.54, 1.807) is 28.4 Å². The van der Waals surface area contributed by atoms with Crippen LogP contribution in [0.25, 0.3) is 0 Å². The Bertz CT molecular complexity index is 1380. The highest BCUT2D eigenvalue weighted by Gasteiger charge is 2.30. The molecule has 1 aliphatic heterocycles. The topological polar surface area (TPSA) is 141 Å². The summed E-state index contributed by atoms with van der Waals surface area (Å²) in [6, 6.07) is 19.9. The predicted octanol–water partition coefficient (Wildman–Crippen LogP) is 4.15. The van der Waals surface area contributed by atoms with E-state index >= 15 is 0 Å². The van der Waals surface area contributed by atoms with Gasteiger partial charge in [0.1, 0.15) is 6.61 Å². The van der Waals surface area contributed by atoms with Crippen LogP contribution in [0, 0.1) is 0 Å². The molecule has 0 saturated heterocycles. The molecule has 3 aromatic carbocycles. The number of carboxylic acid groups (broad SMARTS) is 2. The van der Waals surface area contributed by atoms with Crippen molar-refractivity contribution < 1.29 is 48.3 Å². The van der Waals surface area contributed by atoms with Crippen LogP contribution >= 0.6 is 0 Å². The number of carbonyl (C=O) groups is 3. The second-order valence-corrected chi connectivity index (χ2v) is 9.61. The fourth-order valence-electron chi connectivity index (χ4n) is 4.86. The summed E-state index contributed by atoms with van der Waals surface area (Å²) in [5, 5.41) is 14.8. The lowest BCUT2D eigenvalue weighted by molar-refractivity contribution is -0.159. The molecule has 0 saturated carbocycles. The minimum Gasteiger partial charge on any atom is -0.493 e. The summed E-state index contributed by atoms with van der Waals surface area (Å²) in [7, 11) is 6.58. The fraction of sp³-hybridized carbons (Fsp3) is 0.344. The van der Waals surface area contributed by atoms with E-state index in [0.29, 0.717) is 30.2 Å². The Morgan fingerprint density at radius 2 is 1.37 bits per heavy atom. The number of carboxylic acids is 2. The number of carbonyl (C=O) groups excluding carboxylic acids is 1. The normalized spacial score (nSPS) is 13.9. The zero-order valence-corrected chi connectivity index (χ0v) is 24.7. The van der Waals surface area contributed by atoms with Gasteiger partial charge in [-0.25, -0.2) is 9.59 Å². The summed E-state index contributed by atoms with van der Waals surface area (Å²) in [6.45, 7) is 1.71. The van der Waals surface area contributed by atoms with Crippen molar-refractivity contribution in [1.82, 2.24) is 4.90 Å². The molecule has 0 amide bonds. The van der Waals surface area contributed by atoms with Gasteiger partial charge in [-0.05, 0) is 59.4 Å². The lowest BCUT2D eigenvalue weighted by Gasteiger charge is -2.38. The Hall–Kier alpha value is -4.77. The number of ether oxygens (including phenoxy) is 5. The van der Waals surface area contributed by atoms with Crippen molar-refractivity contribution in [2.45, 2.75) is 31.9 Å². The number of nitrogens with zero attached hydrogens (tertiary/aromatic N) is 1. The van der Waals surface area contributed by atoms with E-state index < -0.39 is 11.9 Å². The van der Waals surface area contributed by atoms with Gasteiger partial charge in [-0.2, -0.15) is 0 Å². The zero-order chi connectivity index (χ0) is 31.4. The van der Waals surface area contributed by atoms with Crippen LogP contribution in [0.4, 0.5) is 0 Å². The highest BCUT2D eigenvalue weighted by molar-refractivity contribution is 6.27. The van der Waals surface area contributed by atoms with Crippen molar-refractivity contribution >= 4 is 17.9 Å². The highest BCUT2D eigenvalue weighted by atomic mass is 16.5. The lowest BCUT2D eigenvalue weighted by Crippen LogP contribution is -2.38. The van der Waals surface area contributed by atoms with Crippen molar-refractivity contribution in [2.24, 2.45) is 0 Å². The number of rotatable bonds is 11. The maximum atomic E-state index is 12.6. The van der Waals surface area contributed by atoms with Crippen LogP contribution in [-0.2, 0) is 38.6 Å². The molecular formula is C32H37NO10. The average Bonchev–Trinajstić information content (AvgIpc) is 3.03. The molecule has 0 aliphatic carbocycles. The van der Waals surface area contributed by atoms with Crippen LogP contribution < -0.4 is 18.9 Å². The maximum absolute atomic E-state index is 12.6. The molecule has 0 unspecified atom stereocenters. The van der Waals surface area contributed by atoms with Crippen LogP contribution in [0.5, 0.6) is 23.0 Å². The monoisotopic (exact) mass is 595 g/mol. The number of benzene rings is 3. The fourth-order valence-corrected chi connectivity index (χ4v) is 4.86. The lowest BCUT2D eigenvalue weighted by atomic mass is 9.88. The molecule has 1 atom stereocenters. The Morgan fingerprint density at radius 1 is 0.767 bits per heavy atom. The van der Waals surface area contributed by atoms with Crippen LogP contribution in [0.2, 0.25) is 0 Å². The quantitative estimate of drug-likeness (QED) is 0.244. The molecule has 2 N–H and O–H groups in total. The number of hydrogen-bond donors (Lipinski definition) is 2. The van der Waals surface area contributed by atoms with E-state index in [1.165, 1.54) is 11.1 Å². The number of esters is 1. The first kappa shape index (κ1) is 32.7. The Morgan fingerprint density at radius 3 is 1.98 bits per heavy atom. The number of hydrogen-bond acceptors (Lipinski definition) is 9. The van der Waals surface area contributed by atoms with Crippen LogP contribution in [-0.4, -0.2) is 74.5 Å². The van der Waals surface area contributed by atoms with E-state index in [9.17, 15) is 4.79 Å². The van der Waals surface area contributed by atoms with Crippen LogP contribution in [0.1, 0.15) is 34.7 Å². The SMILES string of the molecule is COc1ccc(C[C@@H]2c3cc(OC)c(OC)cc3CCN2CCC(=O)OCc2ccccc2)cc1OC.O=C(O)C(=O)O. The minimum absolute atomic E-state index is 0.0450. The number of aliphatic carboxylic acids is 2. The number of fused-ring (bicyclic) bond motifs is 1. The van der Waals surface area contributed by atoms with Gasteiger partial charge in [0.15, 0.2) is 23.0 Å². The molecule has 0 aromatic heterocycles. The third-order valence-electron chi connectivity index (χ3n) is 7.02. The maximum Gasteiger partial charge on any atom is 0.414 e. The third kappa shape index (κ3) is 9.11. The van der Waals surface area contributed by atoms with Crippen molar-refractivity contribution in [1.29, 1.82) is 0 Å². The summed E-state index contributed by atoms with van der Waals surface area (Å²) >= 11 is 0. The first-order chi connectivity index (χ1) is 20.7. The van der Waals surface area contributed by atoms with Gasteiger partial charge in [-0.1, -0.05) is 36.4 Å². The molecule has 43 heavy (non-hydrogen) atoms. The second-order valence-electron chi connectivity index (χ2n) is 9.61. The van der Waals surface area contributed by atoms with Gasteiger partial charge < -0.3 is 33.9 Å². The molecule has 0 bridgehead atoms. The van der Waals surface area contributed by atoms with Crippen LogP contribution in [0.3, 0.4) is 0 Å². The van der Waals surface area contributed by atoms with Crippen molar-refractivity contribution in [3.63, 3.8) is 0 Å². The molecule has 1 heterocycles. The molecular weight excluding hydrogens is 558 g/mol. The number of methoxy groups -OCH3 is 4. The van der Waals surface area contributed by atoms with Gasteiger partial charge in [0.05, 0.1) is 34.9 Å². The van der Waals surface area contributed by atoms with Gasteiger partial charge in [0, 0.05) is 19.1 Å². The molecule has 0 spiro atoms. The molecule has 11 heteroatoms. The largest absolute Gasteiger partial charge is 0.493 e. The smallest absolute Gasteiger partial charge is 0.414 e. The molecule has 0 radical (unpaired) electrons. The molecule has 4 rings (SSSR count). The molecule has 230 valence electrons. The van der Waals surface area contributed by atoms with E-state index in [4.69, 9.17) is 43.5 Å². The summed E-state index contributed by atoms with van der Waals surface area (Å²) in [5.41, 5.74) is 4.50. The molecule has 0 fully saturated rings. The van der Waals surface area contributed by atoms with Crippen molar-refractivity contribution in [2.75, 3.05) is 41.5 Å². The van der Waals surface area contributed by atoms with E-state index in [0.717, 1.165) is 36.3 Å². The van der Waals surface area contributed by atoms with Gasteiger partial charge >= 0.3 is 17.9 Å². The van der Waals surface area contributed by atoms with Crippen LogP contribution in [0.15, 0.2) is 60.7 Å². The Balaban J connectivity index is 0.000000765. The van der Waals surface area contributed by atoms with Gasteiger partial charge in [0.25, 0.3) is 0 Å². The standard InChI is InChI=1S/C30H35NO6.C2H2O4/c1-33-26-11-10-22(17-27(26)34-2)16-25-24-19-29(36-4)28(35-3)18-23(24)12-14-31(25)15-13-30(32)37-20-21-8-6-5-7-9-21;3-1(4)2(5)6/h5-11,17-19,25H,12-16,20H2,1-4H3;(H,3,4)(H,5,6)/t25-;/m1./s1. The van der Waals surface area contributed by atoms with Crippen molar-refractivity contribution in [3.05, 3.63) is 82.9 Å². The average molecular weight is 596 g/mol. The van der Waals surface area contributed by atoms with E-state index in [1.807, 2.05) is 42.5 Å². The highest BCUT2D eigenvalue weighted by Crippen LogP contribution is 2.40. The molecule has 3 aromatic rings. The molecule has 1 aliphatic rings. The third-order valence-corrected chi connectivity index (χ3v) is 7.02. The van der Waals surface area contributed by atoms with Gasteiger partial charge in [-0.15, -0.1) is 0 Å². The first-order valence-corrected chi connectivity index (χ1v) is 13.6. The van der Waals surface area contributed by atoms with E-state index in [2.05, 4.69) is 23.1 Å². The zero-order valence-electron chi connectivity index (χ0n) is 24.7. The Kier molecular flexibility index (Phi) is 12.2. The summed E-state index contributed by atoms with van der Waals surface area (Å²) < 4.78 is 27.7. The Labute approximate surface area is 250 Å². The van der Waals surface area contributed by atoms with Gasteiger partial charge in [-0.3, -0.25) is 9.69 Å². The minimum atomic E-state index is -1.82. The summed E-state index contributed by atoms with van der Waals surface area (Å²) in [4.78, 5) is 33.1. The summed E-state index contributed by atoms with van der Waals surface area (Å²) in [6.07, 6.45) is 1.91. The predicted molar refractivity (Wildman–Crippen MR) is 157 cm³/mol. The second kappa shape index (κ2) is 16.0. The van der Waals surface area contributed by atoms with Crippen molar-refractivity contribution in [3.8, 4) is 23.0 Å². The van der Waals surface area contributed by atoms with Gasteiger partial charge in [0.2, 0.25) is 0 Å². The molecule has 11 nitrogen and oxygen atoms in total. The van der Waals surface area contributed by atoms with E-state index in [-0.39, 0.29) is 18.6 Å². The first-order valence-electron chi connectivity index (χ1n) is 13.6.